The predicted molar refractivity (Wildman–Crippen MR) is 107 cm³/mol. The largest absolute Gasteiger partial charge is 0.478 e. The summed E-state index contributed by atoms with van der Waals surface area (Å²) >= 11 is 0. The van der Waals surface area contributed by atoms with Gasteiger partial charge in [-0.1, -0.05) is 56.3 Å². The maximum Gasteiger partial charge on any atom is 0.336 e. The number of carboxylic acid groups (broad SMARTS) is 1. The molecule has 6 nitrogen and oxygen atoms in total. The van der Waals surface area contributed by atoms with Crippen molar-refractivity contribution in [2.24, 2.45) is 0 Å². The Morgan fingerprint density at radius 3 is 2.37 bits per heavy atom. The minimum atomic E-state index is -1.00. The van der Waals surface area contributed by atoms with Crippen molar-refractivity contribution < 1.29 is 18.7 Å². The van der Waals surface area contributed by atoms with E-state index in [0.29, 0.717) is 11.4 Å². The third-order valence-corrected chi connectivity index (χ3v) is 4.89. The van der Waals surface area contributed by atoms with Crippen molar-refractivity contribution in [3.63, 3.8) is 0 Å². The normalized spacial score (nSPS) is 11.4. The zero-order chi connectivity index (χ0) is 21.4. The fourth-order valence-corrected chi connectivity index (χ4v) is 3.50. The van der Waals surface area contributed by atoms with Crippen LogP contribution in [0.25, 0.3) is 22.2 Å². The molecular weight excluding hydrogens is 390 g/mol. The summed E-state index contributed by atoms with van der Waals surface area (Å²) in [7, 11) is 0. The zero-order valence-corrected chi connectivity index (χ0v) is 16.3. The molecule has 0 saturated heterocycles. The monoisotopic (exact) mass is 408 g/mol. The number of hydrogen-bond acceptors (Lipinski definition) is 4. The quantitative estimate of drug-likeness (QED) is 0.520. The second kappa shape index (κ2) is 7.62. The molecule has 0 bridgehead atoms. The highest BCUT2D eigenvalue weighted by atomic mass is 19.1. The van der Waals surface area contributed by atoms with Crippen LogP contribution >= 0.6 is 0 Å². The zero-order valence-electron chi connectivity index (χ0n) is 16.3. The number of carbonyl (C=O) groups is 1. The summed E-state index contributed by atoms with van der Waals surface area (Å²) in [5.74, 6) is -2.33. The molecule has 1 N–H and O–H groups in total. The number of rotatable bonds is 5. The predicted octanol–water partition coefficient (Wildman–Crippen LogP) is 4.64. The molecule has 8 heteroatoms. The van der Waals surface area contributed by atoms with Gasteiger partial charge >= 0.3 is 5.97 Å². The van der Waals surface area contributed by atoms with E-state index in [1.54, 1.807) is 28.8 Å². The van der Waals surface area contributed by atoms with Gasteiger partial charge in [0.05, 0.1) is 5.56 Å². The van der Waals surface area contributed by atoms with Crippen molar-refractivity contribution in [1.29, 1.82) is 0 Å². The Balaban J connectivity index is 1.75. The molecule has 0 aliphatic heterocycles. The highest BCUT2D eigenvalue weighted by molar-refractivity contribution is 5.96. The summed E-state index contributed by atoms with van der Waals surface area (Å²) in [6, 6.07) is 14.0. The lowest BCUT2D eigenvalue weighted by atomic mass is 9.98. The molecular formula is C22H18F2N4O2. The molecule has 2 aromatic heterocycles. The molecule has 0 spiro atoms. The first kappa shape index (κ1) is 19.6. The molecule has 0 atom stereocenters. The van der Waals surface area contributed by atoms with Crippen molar-refractivity contribution in [3.05, 3.63) is 77.4 Å². The molecule has 30 heavy (non-hydrogen) atoms. The smallest absolute Gasteiger partial charge is 0.336 e. The minimum Gasteiger partial charge on any atom is -0.478 e. The lowest BCUT2D eigenvalue weighted by Crippen LogP contribution is -2.08. The molecule has 152 valence electrons. The first-order chi connectivity index (χ1) is 14.4. The van der Waals surface area contributed by atoms with Crippen molar-refractivity contribution in [1.82, 2.24) is 19.7 Å². The lowest BCUT2D eigenvalue weighted by molar-refractivity contribution is 0.0697. The van der Waals surface area contributed by atoms with Crippen LogP contribution in [0.4, 0.5) is 8.78 Å². The molecule has 0 aliphatic rings. The molecule has 2 heterocycles. The second-order valence-corrected chi connectivity index (χ2v) is 7.24. The Hall–Kier alpha value is -3.68. The van der Waals surface area contributed by atoms with Crippen LogP contribution in [0.5, 0.6) is 0 Å². The summed E-state index contributed by atoms with van der Waals surface area (Å²) in [6.45, 7) is 4.04. The number of aromatic carboxylic acids is 1. The highest BCUT2D eigenvalue weighted by Gasteiger charge is 2.21. The Morgan fingerprint density at radius 2 is 1.70 bits per heavy atom. The van der Waals surface area contributed by atoms with Crippen molar-refractivity contribution in [2.75, 3.05) is 0 Å². The van der Waals surface area contributed by atoms with Gasteiger partial charge in [0.25, 0.3) is 11.9 Å². The fraction of sp³-hybridized carbons (Fsp3) is 0.182. The molecule has 2 aromatic carbocycles. The standard InChI is InChI=1S/C22H18F2N4O2/c1-12(2)21-25-17-18(20(24)27-26-19(17)23)28(21)11-13-7-9-14(10-8-13)15-5-3-4-6-16(15)22(29)30/h3-10,12H,11H2,1-2H3,(H,29,30). The van der Waals surface area contributed by atoms with Gasteiger partial charge in [-0.05, 0) is 22.8 Å². The maximum absolute atomic E-state index is 14.4. The van der Waals surface area contributed by atoms with Gasteiger partial charge in [0.15, 0.2) is 5.52 Å². The Bertz CT molecular complexity index is 1250. The third kappa shape index (κ3) is 3.41. The SMILES string of the molecule is CC(C)c1nc2c(F)nnc(F)c2n1Cc1ccc(-c2ccccc2C(=O)O)cc1. The van der Waals surface area contributed by atoms with Crippen LogP contribution in [0, 0.1) is 11.9 Å². The van der Waals surface area contributed by atoms with Crippen molar-refractivity contribution in [2.45, 2.75) is 26.3 Å². The van der Waals surface area contributed by atoms with Gasteiger partial charge in [0, 0.05) is 12.5 Å². The molecule has 0 aliphatic carbocycles. The first-order valence-electron chi connectivity index (χ1n) is 9.36. The third-order valence-electron chi connectivity index (χ3n) is 4.89. The van der Waals surface area contributed by atoms with Crippen LogP contribution < -0.4 is 0 Å². The summed E-state index contributed by atoms with van der Waals surface area (Å²) in [5, 5.41) is 15.8. The van der Waals surface area contributed by atoms with Gasteiger partial charge in [-0.2, -0.15) is 8.78 Å². The van der Waals surface area contributed by atoms with E-state index < -0.39 is 17.9 Å². The van der Waals surface area contributed by atoms with Crippen LogP contribution in [0.15, 0.2) is 48.5 Å². The van der Waals surface area contributed by atoms with Crippen LogP contribution in [0.3, 0.4) is 0 Å². The molecule has 0 unspecified atom stereocenters. The maximum atomic E-state index is 14.4. The fourth-order valence-electron chi connectivity index (χ4n) is 3.50. The number of fused-ring (bicyclic) bond motifs is 1. The van der Waals surface area contributed by atoms with E-state index in [0.717, 1.165) is 11.1 Å². The number of halogens is 2. The van der Waals surface area contributed by atoms with Crippen LogP contribution in [-0.4, -0.2) is 30.8 Å². The van der Waals surface area contributed by atoms with Gasteiger partial charge in [0.1, 0.15) is 11.3 Å². The number of benzene rings is 2. The van der Waals surface area contributed by atoms with Gasteiger partial charge in [-0.15, -0.1) is 10.2 Å². The summed E-state index contributed by atoms with van der Waals surface area (Å²) in [6.07, 6.45) is 0. The lowest BCUT2D eigenvalue weighted by Gasteiger charge is -2.12. The number of aromatic nitrogens is 4. The van der Waals surface area contributed by atoms with Crippen LogP contribution in [-0.2, 0) is 6.54 Å². The average Bonchev–Trinajstić information content (AvgIpc) is 3.12. The topological polar surface area (TPSA) is 80.9 Å². The number of carboxylic acids is 1. The van der Waals surface area contributed by atoms with E-state index in [1.807, 2.05) is 38.1 Å². The number of hydrogen-bond donors (Lipinski definition) is 1. The highest BCUT2D eigenvalue weighted by Crippen LogP contribution is 2.27. The molecule has 0 fully saturated rings. The molecule has 4 rings (SSSR count). The number of imidazole rings is 1. The van der Waals surface area contributed by atoms with E-state index in [4.69, 9.17) is 0 Å². The summed E-state index contributed by atoms with van der Waals surface area (Å²) in [4.78, 5) is 15.7. The van der Waals surface area contributed by atoms with Crippen LogP contribution in [0.1, 0.15) is 41.5 Å². The van der Waals surface area contributed by atoms with Gasteiger partial charge in [-0.3, -0.25) is 0 Å². The van der Waals surface area contributed by atoms with Crippen molar-refractivity contribution >= 4 is 17.0 Å². The van der Waals surface area contributed by atoms with Gasteiger partial charge in [0.2, 0.25) is 0 Å². The van der Waals surface area contributed by atoms with E-state index in [-0.39, 0.29) is 29.1 Å². The van der Waals surface area contributed by atoms with Crippen molar-refractivity contribution in [3.8, 4) is 11.1 Å². The van der Waals surface area contributed by atoms with E-state index in [9.17, 15) is 18.7 Å². The molecule has 0 amide bonds. The van der Waals surface area contributed by atoms with E-state index in [2.05, 4.69) is 15.2 Å². The van der Waals surface area contributed by atoms with Gasteiger partial charge < -0.3 is 9.67 Å². The summed E-state index contributed by atoms with van der Waals surface area (Å²) in [5.41, 5.74) is 2.23. The Labute approximate surface area is 170 Å². The molecule has 0 saturated carbocycles. The summed E-state index contributed by atoms with van der Waals surface area (Å²) < 4.78 is 30.0. The van der Waals surface area contributed by atoms with Crippen LogP contribution in [0.2, 0.25) is 0 Å². The molecule has 4 aromatic rings. The minimum absolute atomic E-state index is 0.0218. The average molecular weight is 408 g/mol. The van der Waals surface area contributed by atoms with E-state index in [1.165, 1.54) is 0 Å². The molecule has 0 radical (unpaired) electrons. The first-order valence-corrected chi connectivity index (χ1v) is 9.36. The Kier molecular flexibility index (Phi) is 4.99. The van der Waals surface area contributed by atoms with E-state index >= 15 is 0 Å². The number of nitrogens with zero attached hydrogens (tertiary/aromatic N) is 4. The Morgan fingerprint density at radius 1 is 1.03 bits per heavy atom. The van der Waals surface area contributed by atoms with Gasteiger partial charge in [-0.25, -0.2) is 9.78 Å². The second-order valence-electron chi connectivity index (χ2n) is 7.24.